The first-order valence-corrected chi connectivity index (χ1v) is 13.2. The minimum atomic E-state index is -0.450. The van der Waals surface area contributed by atoms with Gasteiger partial charge in [-0.25, -0.2) is 9.59 Å². The smallest absolute Gasteiger partial charge is 0.343 e. The molecule has 0 aromatic heterocycles. The van der Waals surface area contributed by atoms with Crippen molar-refractivity contribution < 1.29 is 19.1 Å². The molecule has 1 aliphatic rings. The predicted octanol–water partition coefficient (Wildman–Crippen LogP) is 7.93. The number of carbonyl (C=O) groups is 2. The molecule has 0 radical (unpaired) electrons. The molecule has 0 N–H and O–H groups in total. The minimum absolute atomic E-state index is 0.270. The largest absolute Gasteiger partial charge is 0.419 e. The number of esters is 2. The SMILES string of the molecule is CCc1cc(CC(C)C)c(C2CCCCC2)c(OC(=O)c2ccccc2)c1OC(=O)c1ccccc1. The van der Waals surface area contributed by atoms with Gasteiger partial charge in [-0.2, -0.15) is 0 Å². The number of hydrogen-bond donors (Lipinski definition) is 0. The van der Waals surface area contributed by atoms with E-state index < -0.39 is 11.9 Å². The van der Waals surface area contributed by atoms with Crippen LogP contribution in [-0.2, 0) is 12.8 Å². The van der Waals surface area contributed by atoms with E-state index in [-0.39, 0.29) is 5.92 Å². The molecule has 1 fully saturated rings. The van der Waals surface area contributed by atoms with Gasteiger partial charge >= 0.3 is 11.9 Å². The lowest BCUT2D eigenvalue weighted by atomic mass is 9.79. The van der Waals surface area contributed by atoms with Gasteiger partial charge in [-0.05, 0) is 72.9 Å². The standard InChI is InChI=1S/C32H36O4/c1-4-23-21-27(20-22(2)3)28(24-14-8-5-9-15-24)30(36-32(34)26-18-12-7-13-19-26)29(23)35-31(33)25-16-10-6-11-17-25/h6-7,10-13,16-19,21-22,24H,4-5,8-9,14-15,20H2,1-3H3. The third kappa shape index (κ3) is 6.04. The summed E-state index contributed by atoms with van der Waals surface area (Å²) >= 11 is 0. The van der Waals surface area contributed by atoms with Crippen LogP contribution < -0.4 is 9.47 Å². The van der Waals surface area contributed by atoms with Gasteiger partial charge in [0.2, 0.25) is 0 Å². The summed E-state index contributed by atoms with van der Waals surface area (Å²) in [6.45, 7) is 6.45. The van der Waals surface area contributed by atoms with Crippen LogP contribution in [0.1, 0.15) is 96.2 Å². The molecule has 4 nitrogen and oxygen atoms in total. The Bertz CT molecular complexity index is 1180. The van der Waals surface area contributed by atoms with Gasteiger partial charge < -0.3 is 9.47 Å². The first-order valence-electron chi connectivity index (χ1n) is 13.2. The molecule has 0 heterocycles. The fourth-order valence-electron chi connectivity index (χ4n) is 5.14. The van der Waals surface area contributed by atoms with E-state index in [1.54, 1.807) is 24.3 Å². The Morgan fingerprint density at radius 3 is 1.81 bits per heavy atom. The first kappa shape index (κ1) is 25.7. The van der Waals surface area contributed by atoms with Crippen molar-refractivity contribution in [3.63, 3.8) is 0 Å². The summed E-state index contributed by atoms with van der Waals surface area (Å²) < 4.78 is 12.3. The predicted molar refractivity (Wildman–Crippen MR) is 143 cm³/mol. The monoisotopic (exact) mass is 484 g/mol. The van der Waals surface area contributed by atoms with Crippen molar-refractivity contribution in [2.75, 3.05) is 0 Å². The summed E-state index contributed by atoms with van der Waals surface area (Å²) in [5.74, 6) is 0.624. The van der Waals surface area contributed by atoms with Crippen molar-refractivity contribution in [1.82, 2.24) is 0 Å². The first-order chi connectivity index (χ1) is 17.5. The van der Waals surface area contributed by atoms with Gasteiger partial charge in [0, 0.05) is 5.56 Å². The van der Waals surface area contributed by atoms with Crippen LogP contribution in [0.4, 0.5) is 0 Å². The molecule has 36 heavy (non-hydrogen) atoms. The Hall–Kier alpha value is -3.40. The van der Waals surface area contributed by atoms with Crippen LogP contribution in [0.3, 0.4) is 0 Å². The molecule has 0 unspecified atom stereocenters. The van der Waals surface area contributed by atoms with Crippen molar-refractivity contribution in [2.45, 2.75) is 71.6 Å². The maximum atomic E-state index is 13.3. The highest BCUT2D eigenvalue weighted by molar-refractivity contribution is 5.93. The number of ether oxygens (including phenoxy) is 2. The summed E-state index contributed by atoms with van der Waals surface area (Å²) in [4.78, 5) is 26.5. The van der Waals surface area contributed by atoms with Crippen molar-refractivity contribution in [2.24, 2.45) is 5.92 Å². The molecule has 3 aromatic carbocycles. The summed E-state index contributed by atoms with van der Waals surface area (Å²) in [6.07, 6.45) is 7.12. The van der Waals surface area contributed by atoms with Crippen molar-refractivity contribution >= 4 is 11.9 Å². The highest BCUT2D eigenvalue weighted by atomic mass is 16.6. The average molecular weight is 485 g/mol. The van der Waals surface area contributed by atoms with E-state index in [9.17, 15) is 9.59 Å². The van der Waals surface area contributed by atoms with Crippen LogP contribution in [0.15, 0.2) is 66.7 Å². The van der Waals surface area contributed by atoms with Crippen LogP contribution >= 0.6 is 0 Å². The number of carbonyl (C=O) groups excluding carboxylic acids is 2. The third-order valence-electron chi connectivity index (χ3n) is 6.87. The second-order valence-electron chi connectivity index (χ2n) is 10.1. The highest BCUT2D eigenvalue weighted by Crippen LogP contribution is 2.47. The average Bonchev–Trinajstić information content (AvgIpc) is 2.91. The molecule has 0 aliphatic heterocycles. The number of hydrogen-bond acceptors (Lipinski definition) is 4. The van der Waals surface area contributed by atoms with E-state index in [0.29, 0.717) is 35.0 Å². The zero-order chi connectivity index (χ0) is 25.5. The van der Waals surface area contributed by atoms with E-state index in [0.717, 1.165) is 43.2 Å². The molecule has 4 rings (SSSR count). The quantitative estimate of drug-likeness (QED) is 0.241. The fourth-order valence-corrected chi connectivity index (χ4v) is 5.14. The van der Waals surface area contributed by atoms with Gasteiger partial charge in [-0.15, -0.1) is 0 Å². The maximum absolute atomic E-state index is 13.3. The minimum Gasteiger partial charge on any atom is -0.419 e. The van der Waals surface area contributed by atoms with E-state index >= 15 is 0 Å². The Kier molecular flexibility index (Phi) is 8.58. The fraction of sp³-hybridized carbons (Fsp3) is 0.375. The van der Waals surface area contributed by atoms with Crippen LogP contribution in [0.5, 0.6) is 11.5 Å². The second-order valence-corrected chi connectivity index (χ2v) is 10.1. The maximum Gasteiger partial charge on any atom is 0.343 e. The van der Waals surface area contributed by atoms with E-state index in [2.05, 4.69) is 19.9 Å². The number of rotatable bonds is 8. The Balaban J connectivity index is 1.88. The summed E-state index contributed by atoms with van der Waals surface area (Å²) in [5, 5.41) is 0. The van der Waals surface area contributed by atoms with Gasteiger partial charge in [0.1, 0.15) is 0 Å². The summed E-state index contributed by atoms with van der Waals surface area (Å²) in [7, 11) is 0. The molecular formula is C32H36O4. The Morgan fingerprint density at radius 1 is 0.778 bits per heavy atom. The molecule has 0 spiro atoms. The molecule has 3 aromatic rings. The van der Waals surface area contributed by atoms with Crippen molar-refractivity contribution in [3.05, 3.63) is 94.5 Å². The second kappa shape index (κ2) is 12.0. The number of benzene rings is 3. The molecule has 0 amide bonds. The Morgan fingerprint density at radius 2 is 1.31 bits per heavy atom. The molecule has 1 aliphatic carbocycles. The van der Waals surface area contributed by atoms with E-state index in [4.69, 9.17) is 9.47 Å². The molecular weight excluding hydrogens is 448 g/mol. The molecule has 0 saturated heterocycles. The van der Waals surface area contributed by atoms with Gasteiger partial charge in [0.05, 0.1) is 11.1 Å². The van der Waals surface area contributed by atoms with Gasteiger partial charge in [0.15, 0.2) is 11.5 Å². The molecule has 1 saturated carbocycles. The highest BCUT2D eigenvalue weighted by Gasteiger charge is 2.30. The van der Waals surface area contributed by atoms with Gasteiger partial charge in [-0.1, -0.05) is 82.5 Å². The lowest BCUT2D eigenvalue weighted by Crippen LogP contribution is -2.19. The number of aryl methyl sites for hydroxylation is 1. The topological polar surface area (TPSA) is 52.6 Å². The summed E-state index contributed by atoms with van der Waals surface area (Å²) in [5.41, 5.74) is 4.06. The molecule has 4 heteroatoms. The van der Waals surface area contributed by atoms with E-state index in [1.165, 1.54) is 12.0 Å². The molecule has 188 valence electrons. The Labute approximate surface area is 214 Å². The zero-order valence-corrected chi connectivity index (χ0v) is 21.6. The summed E-state index contributed by atoms with van der Waals surface area (Å²) in [6, 6.07) is 20.1. The van der Waals surface area contributed by atoms with Crippen LogP contribution in [0.25, 0.3) is 0 Å². The third-order valence-corrected chi connectivity index (χ3v) is 6.87. The lowest BCUT2D eigenvalue weighted by molar-refractivity contribution is 0.0678. The molecule has 0 bridgehead atoms. The van der Waals surface area contributed by atoms with Gasteiger partial charge in [0.25, 0.3) is 0 Å². The van der Waals surface area contributed by atoms with Gasteiger partial charge in [-0.3, -0.25) is 0 Å². The van der Waals surface area contributed by atoms with E-state index in [1.807, 2.05) is 43.3 Å². The zero-order valence-electron chi connectivity index (χ0n) is 21.6. The van der Waals surface area contributed by atoms with Crippen LogP contribution in [0, 0.1) is 5.92 Å². The van der Waals surface area contributed by atoms with Crippen LogP contribution in [0.2, 0.25) is 0 Å². The van der Waals surface area contributed by atoms with Crippen LogP contribution in [-0.4, -0.2) is 11.9 Å². The van der Waals surface area contributed by atoms with Crippen molar-refractivity contribution in [1.29, 1.82) is 0 Å². The molecule has 0 atom stereocenters. The van der Waals surface area contributed by atoms with Crippen molar-refractivity contribution in [3.8, 4) is 11.5 Å². The lowest BCUT2D eigenvalue weighted by Gasteiger charge is -2.29. The normalized spacial score (nSPS) is 14.0.